The molecular weight excluding hydrogens is 446 g/mol. The quantitative estimate of drug-likeness (QED) is 0.732. The summed E-state index contributed by atoms with van der Waals surface area (Å²) in [6.45, 7) is 2.94. The molecule has 1 N–H and O–H groups in total. The minimum Gasteiger partial charge on any atom is -0.482 e. The van der Waals surface area contributed by atoms with Crippen molar-refractivity contribution in [1.82, 2.24) is 9.80 Å². The Hall–Kier alpha value is -2.09. The molecule has 0 spiro atoms. The van der Waals surface area contributed by atoms with Crippen molar-refractivity contribution in [2.75, 3.05) is 45.2 Å². The topological polar surface area (TPSA) is 61.9 Å². The number of likely N-dealkylation sites (N-methyl/N-ethyl adjacent to an activating group) is 1. The Morgan fingerprint density at radius 1 is 1.14 bits per heavy atom. The van der Waals surface area contributed by atoms with Gasteiger partial charge >= 0.3 is 0 Å². The fraction of sp³-hybridized carbons (Fsp3) is 0.300. The lowest BCUT2D eigenvalue weighted by atomic mass is 10.1. The summed E-state index contributed by atoms with van der Waals surface area (Å²) in [6.07, 6.45) is 0. The molecule has 8 heteroatoms. The third kappa shape index (κ3) is 5.47. The molecule has 2 aromatic rings. The monoisotopic (exact) mass is 465 g/mol. The molecule has 0 atom stereocenters. The summed E-state index contributed by atoms with van der Waals surface area (Å²) in [5.41, 5.74) is 1.11. The Balaban J connectivity index is 1.57. The van der Waals surface area contributed by atoms with Gasteiger partial charge in [0.05, 0.1) is 5.02 Å². The Kier molecular flexibility index (Phi) is 6.93. The molecule has 2 amide bonds. The number of carbonyl (C=O) groups excluding carboxylic acids is 2. The van der Waals surface area contributed by atoms with Crippen molar-refractivity contribution < 1.29 is 14.3 Å². The highest BCUT2D eigenvalue weighted by atomic mass is 79.9. The number of rotatable bonds is 5. The minimum atomic E-state index is -0.330. The van der Waals surface area contributed by atoms with Gasteiger partial charge in [0.1, 0.15) is 5.75 Å². The van der Waals surface area contributed by atoms with Crippen LogP contribution in [0.25, 0.3) is 0 Å². The van der Waals surface area contributed by atoms with Crippen molar-refractivity contribution in [1.29, 1.82) is 0 Å². The Labute approximate surface area is 177 Å². The number of ether oxygens (including phenoxy) is 1. The Morgan fingerprint density at radius 2 is 1.89 bits per heavy atom. The lowest BCUT2D eigenvalue weighted by molar-refractivity contribution is -0.118. The normalized spacial score (nSPS) is 14.6. The summed E-state index contributed by atoms with van der Waals surface area (Å²) in [4.78, 5) is 28.9. The maximum absolute atomic E-state index is 12.7. The molecule has 0 bridgehead atoms. The van der Waals surface area contributed by atoms with Gasteiger partial charge in [-0.25, -0.2) is 0 Å². The number of hydrogen-bond acceptors (Lipinski definition) is 4. The van der Waals surface area contributed by atoms with Crippen LogP contribution in [0.4, 0.5) is 5.69 Å². The summed E-state index contributed by atoms with van der Waals surface area (Å²) in [7, 11) is 2.04. The average molecular weight is 467 g/mol. The number of nitrogens with zero attached hydrogens (tertiary/aromatic N) is 2. The molecule has 1 heterocycles. The van der Waals surface area contributed by atoms with E-state index in [1.807, 2.05) is 11.9 Å². The van der Waals surface area contributed by atoms with Gasteiger partial charge in [0.25, 0.3) is 11.8 Å². The number of benzene rings is 2. The predicted molar refractivity (Wildman–Crippen MR) is 113 cm³/mol. The van der Waals surface area contributed by atoms with E-state index in [-0.39, 0.29) is 18.4 Å². The molecule has 0 unspecified atom stereocenters. The van der Waals surface area contributed by atoms with E-state index in [1.165, 1.54) is 0 Å². The van der Waals surface area contributed by atoms with Crippen LogP contribution >= 0.6 is 27.5 Å². The van der Waals surface area contributed by atoms with Gasteiger partial charge in [-0.2, -0.15) is 0 Å². The van der Waals surface area contributed by atoms with E-state index in [0.29, 0.717) is 35.1 Å². The predicted octanol–water partition coefficient (Wildman–Crippen LogP) is 3.51. The zero-order chi connectivity index (χ0) is 20.1. The molecule has 0 aromatic heterocycles. The fourth-order valence-corrected chi connectivity index (χ4v) is 3.58. The Morgan fingerprint density at radius 3 is 2.61 bits per heavy atom. The number of carbonyl (C=O) groups is 2. The van der Waals surface area contributed by atoms with E-state index in [9.17, 15) is 9.59 Å². The number of nitrogens with one attached hydrogen (secondary N) is 1. The van der Waals surface area contributed by atoms with Crippen LogP contribution in [-0.2, 0) is 4.79 Å². The van der Waals surface area contributed by atoms with Crippen molar-refractivity contribution in [3.8, 4) is 5.75 Å². The number of halogens is 2. The van der Waals surface area contributed by atoms with Crippen molar-refractivity contribution >= 4 is 45.0 Å². The average Bonchev–Trinajstić information content (AvgIpc) is 2.67. The van der Waals surface area contributed by atoms with Crippen LogP contribution in [-0.4, -0.2) is 61.4 Å². The highest BCUT2D eigenvalue weighted by Gasteiger charge is 2.20. The summed E-state index contributed by atoms with van der Waals surface area (Å²) in [6, 6.07) is 12.1. The number of piperazine rings is 1. The number of amides is 2. The molecule has 6 nitrogen and oxygen atoms in total. The second-order valence-corrected chi connectivity index (χ2v) is 7.91. The molecule has 1 aliphatic heterocycles. The van der Waals surface area contributed by atoms with E-state index in [4.69, 9.17) is 16.3 Å². The zero-order valence-electron chi connectivity index (χ0n) is 15.5. The van der Waals surface area contributed by atoms with Crippen LogP contribution in [0.3, 0.4) is 0 Å². The molecular formula is C20H21BrClN3O3. The first-order valence-corrected chi connectivity index (χ1v) is 10.0. The molecule has 148 valence electrons. The number of anilines is 1. The summed E-state index contributed by atoms with van der Waals surface area (Å²) in [5, 5.41) is 3.17. The van der Waals surface area contributed by atoms with Gasteiger partial charge in [-0.15, -0.1) is 0 Å². The maximum Gasteiger partial charge on any atom is 0.262 e. The van der Waals surface area contributed by atoms with Crippen LogP contribution in [0.15, 0.2) is 46.9 Å². The first-order valence-electron chi connectivity index (χ1n) is 8.88. The van der Waals surface area contributed by atoms with Crippen LogP contribution in [0, 0.1) is 0 Å². The smallest absolute Gasteiger partial charge is 0.262 e. The second kappa shape index (κ2) is 9.41. The van der Waals surface area contributed by atoms with Gasteiger partial charge in [-0.3, -0.25) is 9.59 Å². The van der Waals surface area contributed by atoms with Crippen molar-refractivity contribution in [2.24, 2.45) is 0 Å². The third-order valence-corrected chi connectivity index (χ3v) is 5.23. The third-order valence-electron chi connectivity index (χ3n) is 4.44. The van der Waals surface area contributed by atoms with Gasteiger partial charge < -0.3 is 19.9 Å². The minimum absolute atomic E-state index is 0.0258. The maximum atomic E-state index is 12.7. The summed E-state index contributed by atoms with van der Waals surface area (Å²) in [5.74, 6) is 0.0734. The standard InChI is InChI=1S/C20H21BrClN3O3/c1-24-7-9-25(10-8-24)20(27)14-3-2-4-16(11-14)23-19(26)13-28-18-6-5-15(21)12-17(18)22/h2-6,11-12H,7-10,13H2,1H3,(H,23,26). The van der Waals surface area contributed by atoms with Crippen molar-refractivity contribution in [3.05, 3.63) is 57.5 Å². The van der Waals surface area contributed by atoms with Crippen LogP contribution in [0.1, 0.15) is 10.4 Å². The highest BCUT2D eigenvalue weighted by Crippen LogP contribution is 2.27. The van der Waals surface area contributed by atoms with Crippen LogP contribution in [0.2, 0.25) is 5.02 Å². The van der Waals surface area contributed by atoms with Crippen molar-refractivity contribution in [2.45, 2.75) is 0 Å². The summed E-state index contributed by atoms with van der Waals surface area (Å²) < 4.78 is 6.29. The lowest BCUT2D eigenvalue weighted by Gasteiger charge is -2.32. The first-order chi connectivity index (χ1) is 13.4. The second-order valence-electron chi connectivity index (χ2n) is 6.59. The van der Waals surface area contributed by atoms with Gasteiger partial charge in [0, 0.05) is 41.9 Å². The molecule has 2 aromatic carbocycles. The van der Waals surface area contributed by atoms with Gasteiger partial charge in [-0.05, 0) is 43.4 Å². The SMILES string of the molecule is CN1CCN(C(=O)c2cccc(NC(=O)COc3ccc(Br)cc3Cl)c2)CC1. The molecule has 1 fully saturated rings. The van der Waals surface area contributed by atoms with E-state index in [2.05, 4.69) is 26.1 Å². The lowest BCUT2D eigenvalue weighted by Crippen LogP contribution is -2.47. The van der Waals surface area contributed by atoms with Crippen LogP contribution < -0.4 is 10.1 Å². The molecule has 1 saturated heterocycles. The van der Waals surface area contributed by atoms with Gasteiger partial charge in [0.15, 0.2) is 6.61 Å². The van der Waals surface area contributed by atoms with E-state index < -0.39 is 0 Å². The van der Waals surface area contributed by atoms with Gasteiger partial charge in [-0.1, -0.05) is 33.6 Å². The zero-order valence-corrected chi connectivity index (χ0v) is 17.8. The van der Waals surface area contributed by atoms with E-state index in [0.717, 1.165) is 17.6 Å². The fourth-order valence-electron chi connectivity index (χ4n) is 2.85. The molecule has 1 aliphatic rings. The highest BCUT2D eigenvalue weighted by molar-refractivity contribution is 9.10. The van der Waals surface area contributed by atoms with E-state index in [1.54, 1.807) is 42.5 Å². The molecule has 0 saturated carbocycles. The summed E-state index contributed by atoms with van der Waals surface area (Å²) >= 11 is 9.40. The molecule has 0 radical (unpaired) electrons. The first kappa shape index (κ1) is 20.6. The molecule has 3 rings (SSSR count). The van der Waals surface area contributed by atoms with E-state index >= 15 is 0 Å². The van der Waals surface area contributed by atoms with Crippen molar-refractivity contribution in [3.63, 3.8) is 0 Å². The van der Waals surface area contributed by atoms with Gasteiger partial charge in [0.2, 0.25) is 0 Å². The molecule has 0 aliphatic carbocycles. The Bertz CT molecular complexity index is 870. The number of hydrogen-bond donors (Lipinski definition) is 1. The largest absolute Gasteiger partial charge is 0.482 e. The van der Waals surface area contributed by atoms with Crippen LogP contribution in [0.5, 0.6) is 5.75 Å². The molecule has 28 heavy (non-hydrogen) atoms.